The van der Waals surface area contributed by atoms with E-state index in [9.17, 15) is 4.39 Å². The minimum absolute atomic E-state index is 0.240. The van der Waals surface area contributed by atoms with Crippen molar-refractivity contribution in [2.75, 3.05) is 20.1 Å². The fourth-order valence-corrected chi connectivity index (χ4v) is 4.20. The summed E-state index contributed by atoms with van der Waals surface area (Å²) >= 11 is 1.62. The maximum absolute atomic E-state index is 13.4. The Hall–Kier alpha value is -1.98. The van der Waals surface area contributed by atoms with Crippen molar-refractivity contribution < 1.29 is 9.13 Å². The lowest BCUT2D eigenvalue weighted by Gasteiger charge is -2.29. The first-order chi connectivity index (χ1) is 12.2. The molecule has 0 spiro atoms. The van der Waals surface area contributed by atoms with E-state index in [0.717, 1.165) is 52.5 Å². The first-order valence-electron chi connectivity index (χ1n) is 8.65. The van der Waals surface area contributed by atoms with Crippen LogP contribution in [0.4, 0.5) is 4.39 Å². The van der Waals surface area contributed by atoms with Gasteiger partial charge in [0.15, 0.2) is 0 Å². The zero-order valence-corrected chi connectivity index (χ0v) is 15.1. The number of hydrogen-bond acceptors (Lipinski definition) is 4. The molecular formula is C20H21FN2OS. The molecule has 3 nitrogen and oxygen atoms in total. The summed E-state index contributed by atoms with van der Waals surface area (Å²) in [5.74, 6) is 0.706. The summed E-state index contributed by atoms with van der Waals surface area (Å²) in [5, 5.41) is 0.986. The monoisotopic (exact) mass is 356 g/mol. The highest BCUT2D eigenvalue weighted by Gasteiger charge is 2.19. The smallest absolute Gasteiger partial charge is 0.125 e. The van der Waals surface area contributed by atoms with Crippen molar-refractivity contribution in [3.05, 3.63) is 58.9 Å². The number of rotatable bonds is 4. The minimum atomic E-state index is -0.240. The topological polar surface area (TPSA) is 25.4 Å². The second-order valence-corrected chi connectivity index (χ2v) is 7.74. The highest BCUT2D eigenvalue weighted by Crippen LogP contribution is 2.29. The van der Waals surface area contributed by atoms with Crippen molar-refractivity contribution in [1.82, 2.24) is 9.88 Å². The van der Waals surface area contributed by atoms with Crippen LogP contribution in [-0.2, 0) is 6.42 Å². The summed E-state index contributed by atoms with van der Waals surface area (Å²) < 4.78 is 20.7. The van der Waals surface area contributed by atoms with Crippen LogP contribution in [0.25, 0.3) is 10.2 Å². The van der Waals surface area contributed by atoms with Gasteiger partial charge in [-0.05, 0) is 38.1 Å². The number of piperidine rings is 1. The number of halogens is 1. The number of ether oxygens (including phenoxy) is 1. The number of fused-ring (bicyclic) bond motifs is 1. The Kier molecular flexibility index (Phi) is 4.68. The average molecular weight is 356 g/mol. The van der Waals surface area contributed by atoms with Crippen LogP contribution in [0, 0.1) is 5.82 Å². The van der Waals surface area contributed by atoms with Gasteiger partial charge in [-0.2, -0.15) is 0 Å². The molecule has 0 radical (unpaired) electrons. The molecular weight excluding hydrogens is 335 g/mol. The summed E-state index contributed by atoms with van der Waals surface area (Å²) in [6.07, 6.45) is 3.11. The molecule has 3 aromatic rings. The normalized spacial score (nSPS) is 16.4. The maximum Gasteiger partial charge on any atom is 0.125 e. The Balaban J connectivity index is 1.53. The standard InChI is InChI=1S/C20H21FN2OS/c1-23-10-8-16(9-11-23)24-18-5-3-2-4-14(18)12-20-22-17-13-15(21)6-7-19(17)25-20/h2-7,13,16H,8-12H2,1H3. The molecule has 0 atom stereocenters. The van der Waals surface area contributed by atoms with Crippen LogP contribution in [0.15, 0.2) is 42.5 Å². The van der Waals surface area contributed by atoms with E-state index < -0.39 is 0 Å². The van der Waals surface area contributed by atoms with Gasteiger partial charge in [0, 0.05) is 31.1 Å². The van der Waals surface area contributed by atoms with E-state index >= 15 is 0 Å². The molecule has 130 valence electrons. The zero-order chi connectivity index (χ0) is 17.2. The van der Waals surface area contributed by atoms with E-state index in [1.54, 1.807) is 17.4 Å². The van der Waals surface area contributed by atoms with Crippen LogP contribution in [-0.4, -0.2) is 36.1 Å². The molecule has 25 heavy (non-hydrogen) atoms. The van der Waals surface area contributed by atoms with Crippen LogP contribution < -0.4 is 4.74 Å². The largest absolute Gasteiger partial charge is 0.490 e. The molecule has 1 saturated heterocycles. The van der Waals surface area contributed by atoms with Crippen molar-refractivity contribution in [2.24, 2.45) is 0 Å². The van der Waals surface area contributed by atoms with Crippen molar-refractivity contribution in [3.8, 4) is 5.75 Å². The molecule has 5 heteroatoms. The fraction of sp³-hybridized carbons (Fsp3) is 0.350. The van der Waals surface area contributed by atoms with E-state index in [1.807, 2.05) is 18.2 Å². The summed E-state index contributed by atoms with van der Waals surface area (Å²) in [6, 6.07) is 13.0. The first-order valence-corrected chi connectivity index (χ1v) is 9.47. The number of likely N-dealkylation sites (tertiary alicyclic amines) is 1. The lowest BCUT2D eigenvalue weighted by molar-refractivity contribution is 0.113. The number of hydrogen-bond donors (Lipinski definition) is 0. The molecule has 0 aliphatic carbocycles. The predicted octanol–water partition coefficient (Wildman–Crippen LogP) is 4.50. The van der Waals surface area contributed by atoms with Gasteiger partial charge in [-0.15, -0.1) is 11.3 Å². The molecule has 1 aliphatic heterocycles. The van der Waals surface area contributed by atoms with Gasteiger partial charge in [0.1, 0.15) is 17.7 Å². The van der Waals surface area contributed by atoms with Gasteiger partial charge in [0.05, 0.1) is 15.2 Å². The second kappa shape index (κ2) is 7.10. The predicted molar refractivity (Wildman–Crippen MR) is 100.0 cm³/mol. The van der Waals surface area contributed by atoms with Gasteiger partial charge in [0.2, 0.25) is 0 Å². The lowest BCUT2D eigenvalue weighted by atomic mass is 10.1. The summed E-state index contributed by atoms with van der Waals surface area (Å²) in [4.78, 5) is 6.92. The van der Waals surface area contributed by atoms with Crippen LogP contribution in [0.2, 0.25) is 0 Å². The quantitative estimate of drug-likeness (QED) is 0.688. The van der Waals surface area contributed by atoms with Gasteiger partial charge in [-0.3, -0.25) is 0 Å². The third-order valence-electron chi connectivity index (χ3n) is 4.67. The Morgan fingerprint density at radius 1 is 1.20 bits per heavy atom. The number of nitrogens with zero attached hydrogens (tertiary/aromatic N) is 2. The third kappa shape index (κ3) is 3.83. The molecule has 0 N–H and O–H groups in total. The van der Waals surface area contributed by atoms with E-state index in [-0.39, 0.29) is 11.9 Å². The highest BCUT2D eigenvalue weighted by molar-refractivity contribution is 7.18. The molecule has 1 aliphatic rings. The summed E-state index contributed by atoms with van der Waals surface area (Å²) in [5.41, 5.74) is 1.87. The highest BCUT2D eigenvalue weighted by atomic mass is 32.1. The third-order valence-corrected chi connectivity index (χ3v) is 5.70. The van der Waals surface area contributed by atoms with Crippen LogP contribution >= 0.6 is 11.3 Å². The summed E-state index contributed by atoms with van der Waals surface area (Å²) in [7, 11) is 2.15. The number of benzene rings is 2. The second-order valence-electron chi connectivity index (χ2n) is 6.62. The Morgan fingerprint density at radius 2 is 2.00 bits per heavy atom. The van der Waals surface area contributed by atoms with E-state index in [4.69, 9.17) is 4.74 Å². The van der Waals surface area contributed by atoms with E-state index in [2.05, 4.69) is 23.0 Å². The van der Waals surface area contributed by atoms with Crippen molar-refractivity contribution >= 4 is 21.6 Å². The molecule has 1 aromatic heterocycles. The Morgan fingerprint density at radius 3 is 2.84 bits per heavy atom. The van der Waals surface area contributed by atoms with Gasteiger partial charge >= 0.3 is 0 Å². The molecule has 2 aromatic carbocycles. The fourth-order valence-electron chi connectivity index (χ4n) is 3.23. The lowest BCUT2D eigenvalue weighted by Crippen LogP contribution is -2.35. The molecule has 0 unspecified atom stereocenters. The van der Waals surface area contributed by atoms with Gasteiger partial charge < -0.3 is 9.64 Å². The van der Waals surface area contributed by atoms with Crippen LogP contribution in [0.3, 0.4) is 0 Å². The molecule has 1 fully saturated rings. The maximum atomic E-state index is 13.4. The first kappa shape index (κ1) is 16.5. The average Bonchev–Trinajstić information content (AvgIpc) is 3.00. The van der Waals surface area contributed by atoms with Gasteiger partial charge in [0.25, 0.3) is 0 Å². The molecule has 4 rings (SSSR count). The number of thiazole rings is 1. The molecule has 0 amide bonds. The van der Waals surface area contributed by atoms with E-state index in [0.29, 0.717) is 6.42 Å². The van der Waals surface area contributed by atoms with Crippen molar-refractivity contribution in [3.63, 3.8) is 0 Å². The number of aromatic nitrogens is 1. The Bertz CT molecular complexity index is 871. The molecule has 0 saturated carbocycles. The Labute approximate surface area is 151 Å². The zero-order valence-electron chi connectivity index (χ0n) is 14.2. The minimum Gasteiger partial charge on any atom is -0.490 e. The van der Waals surface area contributed by atoms with Crippen LogP contribution in [0.5, 0.6) is 5.75 Å². The molecule has 2 heterocycles. The van der Waals surface area contributed by atoms with E-state index in [1.165, 1.54) is 12.1 Å². The number of para-hydroxylation sites is 1. The van der Waals surface area contributed by atoms with Crippen LogP contribution in [0.1, 0.15) is 23.4 Å². The SMILES string of the molecule is CN1CCC(Oc2ccccc2Cc2nc3cc(F)ccc3s2)CC1. The van der Waals surface area contributed by atoms with Crippen molar-refractivity contribution in [2.45, 2.75) is 25.4 Å². The molecule has 0 bridgehead atoms. The van der Waals surface area contributed by atoms with Crippen molar-refractivity contribution in [1.29, 1.82) is 0 Å². The van der Waals surface area contributed by atoms with Gasteiger partial charge in [-0.1, -0.05) is 18.2 Å². The summed E-state index contributed by atoms with van der Waals surface area (Å²) in [6.45, 7) is 2.16. The van der Waals surface area contributed by atoms with Gasteiger partial charge in [-0.25, -0.2) is 9.37 Å².